The molecule has 0 bridgehead atoms. The van der Waals surface area contributed by atoms with Crippen LogP contribution in [-0.4, -0.2) is 62.6 Å². The van der Waals surface area contributed by atoms with Gasteiger partial charge in [0.25, 0.3) is 5.91 Å². The zero-order valence-corrected chi connectivity index (χ0v) is 20.6. The highest BCUT2D eigenvalue weighted by Gasteiger charge is 2.44. The minimum absolute atomic E-state index is 0.0435. The van der Waals surface area contributed by atoms with E-state index in [4.69, 9.17) is 9.47 Å². The number of carbonyl (C=O) groups excluding carboxylic acids is 2. The van der Waals surface area contributed by atoms with Crippen molar-refractivity contribution in [2.75, 3.05) is 46.0 Å². The van der Waals surface area contributed by atoms with Gasteiger partial charge in [-0.25, -0.2) is 0 Å². The minimum atomic E-state index is -0.692. The lowest BCUT2D eigenvalue weighted by molar-refractivity contribution is -0.908. The maximum absolute atomic E-state index is 13.5. The van der Waals surface area contributed by atoms with Crippen molar-refractivity contribution in [1.29, 1.82) is 0 Å². The molecule has 1 N–H and O–H groups in total. The van der Waals surface area contributed by atoms with Gasteiger partial charge in [0, 0.05) is 23.4 Å². The van der Waals surface area contributed by atoms with E-state index in [0.29, 0.717) is 30.4 Å². The zero-order chi connectivity index (χ0) is 24.1. The summed E-state index contributed by atoms with van der Waals surface area (Å²) in [5.41, 5.74) is 0.427. The van der Waals surface area contributed by atoms with Crippen molar-refractivity contribution < 1.29 is 29.1 Å². The fraction of sp³-hybridized carbons (Fsp3) is 0.462. The monoisotopic (exact) mass is 484 g/mol. The molecule has 1 unspecified atom stereocenters. The number of ketones is 1. The Morgan fingerprint density at radius 3 is 2.59 bits per heavy atom. The molecule has 0 spiro atoms. The third kappa shape index (κ3) is 5.51. The first-order valence-electron chi connectivity index (χ1n) is 11.9. The summed E-state index contributed by atoms with van der Waals surface area (Å²) in [6.45, 7) is 9.47. The molecule has 2 aromatic rings. The van der Waals surface area contributed by atoms with Gasteiger partial charge in [0.1, 0.15) is 18.8 Å². The van der Waals surface area contributed by atoms with Crippen LogP contribution < -0.4 is 14.7 Å². The highest BCUT2D eigenvalue weighted by molar-refractivity contribution is 7.10. The first-order chi connectivity index (χ1) is 16.5. The standard InChI is InChI=1S/C26H32N2O5S/c1-18(2)17-33-20-8-6-19(7-9-20)24(29)22-23(21-5-3-16-34-21)28(26(31)25(22)30)11-4-10-27-12-14-32-15-13-27/h3,5-9,16,18,23,29H,4,10-15,17H2,1-2H3/b24-22+. The molecule has 1 amide bonds. The van der Waals surface area contributed by atoms with E-state index in [0.717, 1.165) is 44.1 Å². The summed E-state index contributed by atoms with van der Waals surface area (Å²) in [4.78, 5) is 29.9. The van der Waals surface area contributed by atoms with Gasteiger partial charge in [0.05, 0.1) is 32.4 Å². The highest BCUT2D eigenvalue weighted by Crippen LogP contribution is 2.40. The van der Waals surface area contributed by atoms with Crippen molar-refractivity contribution in [3.8, 4) is 5.75 Å². The fourth-order valence-electron chi connectivity index (χ4n) is 4.37. The molecule has 1 aromatic heterocycles. The smallest absolute Gasteiger partial charge is 0.295 e. The number of hydrogen-bond donors (Lipinski definition) is 1. The van der Waals surface area contributed by atoms with Crippen LogP contribution in [0.15, 0.2) is 47.4 Å². The summed E-state index contributed by atoms with van der Waals surface area (Å²) in [5, 5.41) is 15.4. The summed E-state index contributed by atoms with van der Waals surface area (Å²) < 4.78 is 11.1. The molecule has 1 aromatic carbocycles. The van der Waals surface area contributed by atoms with Crippen LogP contribution in [0.1, 0.15) is 36.8 Å². The molecule has 7 nitrogen and oxygen atoms in total. The Labute approximate surface area is 204 Å². The van der Waals surface area contributed by atoms with Crippen molar-refractivity contribution in [3.63, 3.8) is 0 Å². The van der Waals surface area contributed by atoms with Gasteiger partial charge in [0.2, 0.25) is 5.78 Å². The van der Waals surface area contributed by atoms with Gasteiger partial charge in [-0.2, -0.15) is 0 Å². The number of hydrogen-bond acceptors (Lipinski definition) is 6. The minimum Gasteiger partial charge on any atom is -0.872 e. The van der Waals surface area contributed by atoms with E-state index < -0.39 is 23.5 Å². The SMILES string of the molecule is CC(C)COc1ccc(/C([O-])=C2\C(=O)C(=O)N(CCC[NH+]3CCOCC3)C2c2cccs2)cc1. The molecule has 8 heteroatoms. The number of morpholine rings is 1. The van der Waals surface area contributed by atoms with Crippen molar-refractivity contribution in [2.45, 2.75) is 26.3 Å². The lowest BCUT2D eigenvalue weighted by Crippen LogP contribution is -3.14. The quantitative estimate of drug-likeness (QED) is 0.330. The number of carbonyl (C=O) groups is 2. The molecule has 0 radical (unpaired) electrons. The van der Waals surface area contributed by atoms with Crippen LogP contribution in [-0.2, 0) is 14.3 Å². The predicted molar refractivity (Wildman–Crippen MR) is 128 cm³/mol. The molecule has 3 heterocycles. The normalized spacial score (nSPS) is 20.9. The third-order valence-electron chi connectivity index (χ3n) is 6.17. The number of nitrogens with one attached hydrogen (secondary N) is 1. The number of nitrogens with zero attached hydrogens (tertiary/aromatic N) is 1. The maximum atomic E-state index is 13.5. The Morgan fingerprint density at radius 1 is 1.21 bits per heavy atom. The van der Waals surface area contributed by atoms with Crippen LogP contribution in [0.5, 0.6) is 5.75 Å². The molecule has 2 aliphatic rings. The Balaban J connectivity index is 1.56. The second kappa shape index (κ2) is 11.2. The largest absolute Gasteiger partial charge is 0.872 e. The van der Waals surface area contributed by atoms with Gasteiger partial charge < -0.3 is 24.4 Å². The Kier molecular flexibility index (Phi) is 8.03. The number of ether oxygens (including phenoxy) is 2. The van der Waals surface area contributed by atoms with E-state index in [1.54, 1.807) is 29.2 Å². The highest BCUT2D eigenvalue weighted by atomic mass is 32.1. The Morgan fingerprint density at radius 2 is 1.94 bits per heavy atom. The lowest BCUT2D eigenvalue weighted by atomic mass is 10.00. The molecule has 2 fully saturated rings. The molecule has 4 rings (SSSR count). The van der Waals surface area contributed by atoms with E-state index in [1.807, 2.05) is 17.5 Å². The summed E-state index contributed by atoms with van der Waals surface area (Å²) >= 11 is 1.46. The number of thiophene rings is 1. The van der Waals surface area contributed by atoms with Crippen molar-refractivity contribution in [2.24, 2.45) is 5.92 Å². The molecular weight excluding hydrogens is 452 g/mol. The van der Waals surface area contributed by atoms with Crippen molar-refractivity contribution >= 4 is 28.8 Å². The molecule has 1 atom stereocenters. The molecule has 182 valence electrons. The second-order valence-corrected chi connectivity index (χ2v) is 10.2. The summed E-state index contributed by atoms with van der Waals surface area (Å²) in [5.74, 6) is -0.612. The third-order valence-corrected chi connectivity index (χ3v) is 7.10. The maximum Gasteiger partial charge on any atom is 0.295 e. The topological polar surface area (TPSA) is 83.3 Å². The lowest BCUT2D eigenvalue weighted by Gasteiger charge is -2.28. The summed E-state index contributed by atoms with van der Waals surface area (Å²) in [6.07, 6.45) is 0.763. The summed E-state index contributed by atoms with van der Waals surface area (Å²) in [7, 11) is 0. The van der Waals surface area contributed by atoms with Crippen LogP contribution in [0.3, 0.4) is 0 Å². The van der Waals surface area contributed by atoms with E-state index in [2.05, 4.69) is 13.8 Å². The molecule has 34 heavy (non-hydrogen) atoms. The van der Waals surface area contributed by atoms with Gasteiger partial charge >= 0.3 is 0 Å². The number of Topliss-reactive ketones (excluding diaryl/α,β-unsaturated/α-hetero) is 1. The Hall–Kier alpha value is -2.68. The number of quaternary nitrogens is 1. The Bertz CT molecular complexity index is 1010. The van der Waals surface area contributed by atoms with Crippen LogP contribution in [0.25, 0.3) is 5.76 Å². The molecule has 0 saturated carbocycles. The van der Waals surface area contributed by atoms with E-state index in [-0.39, 0.29) is 5.57 Å². The second-order valence-electron chi connectivity index (χ2n) is 9.18. The van der Waals surface area contributed by atoms with Gasteiger partial charge in [-0.05, 0) is 35.1 Å². The van der Waals surface area contributed by atoms with E-state index >= 15 is 0 Å². The fourth-order valence-corrected chi connectivity index (χ4v) is 5.22. The van der Waals surface area contributed by atoms with Gasteiger partial charge in [-0.1, -0.05) is 37.8 Å². The first kappa shape index (κ1) is 24.4. The predicted octanol–water partition coefficient (Wildman–Crippen LogP) is 1.31. The number of amides is 1. The van der Waals surface area contributed by atoms with Crippen LogP contribution >= 0.6 is 11.3 Å². The average Bonchev–Trinajstić information content (AvgIpc) is 3.46. The van der Waals surface area contributed by atoms with Gasteiger partial charge in [-0.3, -0.25) is 9.59 Å². The summed E-state index contributed by atoms with van der Waals surface area (Å²) in [6, 6.07) is 9.94. The van der Waals surface area contributed by atoms with Crippen LogP contribution in [0.2, 0.25) is 0 Å². The molecular formula is C26H32N2O5S. The number of benzene rings is 1. The average molecular weight is 485 g/mol. The number of likely N-dealkylation sites (tertiary alicyclic amines) is 1. The van der Waals surface area contributed by atoms with Crippen LogP contribution in [0, 0.1) is 5.92 Å². The first-order valence-corrected chi connectivity index (χ1v) is 12.8. The van der Waals surface area contributed by atoms with Gasteiger partial charge in [0.15, 0.2) is 0 Å². The van der Waals surface area contributed by atoms with Gasteiger partial charge in [-0.15, -0.1) is 11.3 Å². The van der Waals surface area contributed by atoms with Crippen molar-refractivity contribution in [3.05, 3.63) is 57.8 Å². The van der Waals surface area contributed by atoms with Crippen LogP contribution in [0.4, 0.5) is 0 Å². The van der Waals surface area contributed by atoms with E-state index in [9.17, 15) is 14.7 Å². The van der Waals surface area contributed by atoms with Crippen molar-refractivity contribution in [1.82, 2.24) is 4.90 Å². The molecule has 0 aliphatic carbocycles. The molecule has 2 saturated heterocycles. The number of rotatable bonds is 9. The zero-order valence-electron chi connectivity index (χ0n) is 19.7. The van der Waals surface area contributed by atoms with E-state index in [1.165, 1.54) is 16.2 Å². The molecule has 2 aliphatic heterocycles.